The van der Waals surface area contributed by atoms with Crippen molar-refractivity contribution in [2.24, 2.45) is 11.7 Å². The highest BCUT2D eigenvalue weighted by atomic mass is 16.5. The van der Waals surface area contributed by atoms with Crippen molar-refractivity contribution in [3.63, 3.8) is 0 Å². The van der Waals surface area contributed by atoms with Gasteiger partial charge in [0.25, 0.3) is 0 Å². The quantitative estimate of drug-likeness (QED) is 0.665. The molecule has 0 radical (unpaired) electrons. The molecule has 2 nitrogen and oxygen atoms in total. The Labute approximate surface area is 81.1 Å². The zero-order chi connectivity index (χ0) is 10.2. The first kappa shape index (κ1) is 10.7. The fourth-order valence-electron chi connectivity index (χ4n) is 2.36. The van der Waals surface area contributed by atoms with Crippen LogP contribution < -0.4 is 5.73 Å². The molecule has 3 atom stereocenters. The molecule has 1 unspecified atom stereocenters. The molecule has 2 heteroatoms. The van der Waals surface area contributed by atoms with Crippen molar-refractivity contribution >= 4 is 0 Å². The fourth-order valence-corrected chi connectivity index (χ4v) is 2.36. The van der Waals surface area contributed by atoms with Gasteiger partial charge in [0.2, 0.25) is 0 Å². The van der Waals surface area contributed by atoms with Crippen LogP contribution in [0.3, 0.4) is 0 Å². The highest BCUT2D eigenvalue weighted by Gasteiger charge is 2.31. The first-order chi connectivity index (χ1) is 5.95. The van der Waals surface area contributed by atoms with E-state index in [0.717, 1.165) is 0 Å². The molecular formula is C11H21NO. The second-order valence-corrected chi connectivity index (χ2v) is 4.27. The maximum Gasteiger partial charge on any atom is 0.0783 e. The summed E-state index contributed by atoms with van der Waals surface area (Å²) < 4.78 is 5.75. The van der Waals surface area contributed by atoms with Crippen molar-refractivity contribution in [2.75, 3.05) is 0 Å². The predicted molar refractivity (Wildman–Crippen MR) is 55.5 cm³/mol. The van der Waals surface area contributed by atoms with E-state index in [1.165, 1.54) is 11.1 Å². The van der Waals surface area contributed by atoms with E-state index in [2.05, 4.69) is 27.7 Å². The summed E-state index contributed by atoms with van der Waals surface area (Å²) in [5.41, 5.74) is 8.65. The number of ether oxygens (including phenoxy) is 1. The van der Waals surface area contributed by atoms with Crippen LogP contribution in [0.1, 0.15) is 34.6 Å². The third-order valence-corrected chi connectivity index (χ3v) is 2.73. The van der Waals surface area contributed by atoms with E-state index in [1.54, 1.807) is 0 Å². The van der Waals surface area contributed by atoms with Gasteiger partial charge in [0.05, 0.1) is 12.2 Å². The van der Waals surface area contributed by atoms with Crippen molar-refractivity contribution in [3.8, 4) is 0 Å². The Morgan fingerprint density at radius 3 is 1.85 bits per heavy atom. The Kier molecular flexibility index (Phi) is 3.14. The average Bonchev–Trinajstić information content (AvgIpc) is 2.24. The molecule has 0 saturated carbocycles. The predicted octanol–water partition coefficient (Wildman–Crippen LogP) is 2.09. The molecule has 76 valence electrons. The second kappa shape index (κ2) is 3.81. The third kappa shape index (κ3) is 1.94. The van der Waals surface area contributed by atoms with Gasteiger partial charge >= 0.3 is 0 Å². The average molecular weight is 183 g/mol. The van der Waals surface area contributed by atoms with Crippen LogP contribution in [0, 0.1) is 5.92 Å². The number of hydrogen-bond acceptors (Lipinski definition) is 2. The third-order valence-electron chi connectivity index (χ3n) is 2.73. The lowest BCUT2D eigenvalue weighted by molar-refractivity contribution is 0.0702. The van der Waals surface area contributed by atoms with Crippen LogP contribution in [-0.2, 0) is 4.74 Å². The van der Waals surface area contributed by atoms with Gasteiger partial charge in [-0.15, -0.1) is 0 Å². The standard InChI is InChI=1S/C11H21NO/c1-6(2)10-8(4)13-9(5)11(10)7(3)12/h6-9H,12H2,1-5H3/t7?,8-,9-/m0/s1. The summed E-state index contributed by atoms with van der Waals surface area (Å²) in [6, 6.07) is 0.123. The molecular weight excluding hydrogens is 162 g/mol. The molecule has 0 aromatic carbocycles. The summed E-state index contributed by atoms with van der Waals surface area (Å²) in [5.74, 6) is 0.543. The highest BCUT2D eigenvalue weighted by Crippen LogP contribution is 2.33. The molecule has 0 aromatic rings. The van der Waals surface area contributed by atoms with Crippen molar-refractivity contribution < 1.29 is 4.74 Å². The minimum atomic E-state index is 0.123. The molecule has 0 aromatic heterocycles. The summed E-state index contributed by atoms with van der Waals surface area (Å²) in [7, 11) is 0. The van der Waals surface area contributed by atoms with E-state index in [9.17, 15) is 0 Å². The van der Waals surface area contributed by atoms with Gasteiger partial charge in [-0.1, -0.05) is 13.8 Å². The number of nitrogens with two attached hydrogens (primary N) is 1. The van der Waals surface area contributed by atoms with E-state index in [1.807, 2.05) is 6.92 Å². The molecule has 2 N–H and O–H groups in total. The summed E-state index contributed by atoms with van der Waals surface area (Å²) in [6.45, 7) is 10.6. The fraction of sp³-hybridized carbons (Fsp3) is 0.818. The first-order valence-corrected chi connectivity index (χ1v) is 5.10. The molecule has 0 spiro atoms. The molecule has 1 aliphatic rings. The Balaban J connectivity index is 3.03. The summed E-state index contributed by atoms with van der Waals surface area (Å²) in [4.78, 5) is 0. The molecule has 1 aliphatic heterocycles. The van der Waals surface area contributed by atoms with E-state index in [-0.39, 0.29) is 18.2 Å². The van der Waals surface area contributed by atoms with Crippen LogP contribution in [0.5, 0.6) is 0 Å². The van der Waals surface area contributed by atoms with Crippen LogP contribution in [0.4, 0.5) is 0 Å². The van der Waals surface area contributed by atoms with Gasteiger partial charge in [0.1, 0.15) is 0 Å². The van der Waals surface area contributed by atoms with Gasteiger partial charge in [-0.25, -0.2) is 0 Å². The number of hydrogen-bond donors (Lipinski definition) is 1. The Hall–Kier alpha value is -0.340. The summed E-state index contributed by atoms with van der Waals surface area (Å²) in [5, 5.41) is 0. The summed E-state index contributed by atoms with van der Waals surface area (Å²) in [6.07, 6.45) is 0.448. The number of rotatable bonds is 2. The zero-order valence-corrected chi connectivity index (χ0v) is 9.29. The molecule has 0 bridgehead atoms. The van der Waals surface area contributed by atoms with Crippen LogP contribution in [0.25, 0.3) is 0 Å². The normalized spacial score (nSPS) is 31.6. The van der Waals surface area contributed by atoms with E-state index < -0.39 is 0 Å². The lowest BCUT2D eigenvalue weighted by atomic mass is 9.90. The molecule has 0 saturated heterocycles. The summed E-state index contributed by atoms with van der Waals surface area (Å²) >= 11 is 0. The van der Waals surface area contributed by atoms with Gasteiger partial charge < -0.3 is 10.5 Å². The van der Waals surface area contributed by atoms with Crippen molar-refractivity contribution in [3.05, 3.63) is 11.1 Å². The molecule has 1 heterocycles. The van der Waals surface area contributed by atoms with Crippen LogP contribution in [0.2, 0.25) is 0 Å². The van der Waals surface area contributed by atoms with Gasteiger partial charge in [-0.05, 0) is 37.8 Å². The Morgan fingerprint density at radius 1 is 1.08 bits per heavy atom. The van der Waals surface area contributed by atoms with Gasteiger partial charge in [-0.3, -0.25) is 0 Å². The Bertz CT molecular complexity index is 196. The molecule has 13 heavy (non-hydrogen) atoms. The second-order valence-electron chi connectivity index (χ2n) is 4.27. The van der Waals surface area contributed by atoms with Crippen LogP contribution in [-0.4, -0.2) is 18.2 Å². The van der Waals surface area contributed by atoms with Crippen molar-refractivity contribution in [1.82, 2.24) is 0 Å². The van der Waals surface area contributed by atoms with Gasteiger partial charge in [0, 0.05) is 6.04 Å². The maximum absolute atomic E-state index is 5.94. The monoisotopic (exact) mass is 183 g/mol. The van der Waals surface area contributed by atoms with E-state index >= 15 is 0 Å². The topological polar surface area (TPSA) is 35.2 Å². The van der Waals surface area contributed by atoms with Crippen molar-refractivity contribution in [2.45, 2.75) is 52.9 Å². The van der Waals surface area contributed by atoms with Gasteiger partial charge in [0.15, 0.2) is 0 Å². The smallest absolute Gasteiger partial charge is 0.0783 e. The van der Waals surface area contributed by atoms with E-state index in [4.69, 9.17) is 10.5 Å². The molecule has 0 amide bonds. The highest BCUT2D eigenvalue weighted by molar-refractivity contribution is 5.30. The van der Waals surface area contributed by atoms with E-state index in [0.29, 0.717) is 5.92 Å². The minimum Gasteiger partial charge on any atom is -0.367 e. The maximum atomic E-state index is 5.94. The van der Waals surface area contributed by atoms with Gasteiger partial charge in [-0.2, -0.15) is 0 Å². The van der Waals surface area contributed by atoms with Crippen molar-refractivity contribution in [1.29, 1.82) is 0 Å². The minimum absolute atomic E-state index is 0.123. The largest absolute Gasteiger partial charge is 0.367 e. The first-order valence-electron chi connectivity index (χ1n) is 5.10. The van der Waals surface area contributed by atoms with Crippen LogP contribution >= 0.6 is 0 Å². The molecule has 1 rings (SSSR count). The zero-order valence-electron chi connectivity index (χ0n) is 9.29. The molecule has 0 fully saturated rings. The molecule has 0 aliphatic carbocycles. The van der Waals surface area contributed by atoms with Crippen LogP contribution in [0.15, 0.2) is 11.1 Å². The Morgan fingerprint density at radius 2 is 1.54 bits per heavy atom. The lowest BCUT2D eigenvalue weighted by Crippen LogP contribution is -2.24. The SMILES string of the molecule is CC(C)C1=C(C(C)N)[C@H](C)O[C@H]1C. The lowest BCUT2D eigenvalue weighted by Gasteiger charge is -2.16.